The molecule has 19 heavy (non-hydrogen) atoms. The summed E-state index contributed by atoms with van der Waals surface area (Å²) in [5, 5.41) is 10.0. The van der Waals surface area contributed by atoms with Gasteiger partial charge in [0.1, 0.15) is 11.5 Å². The zero-order valence-electron chi connectivity index (χ0n) is 11.1. The number of rotatable bonds is 4. The van der Waals surface area contributed by atoms with Crippen LogP contribution in [0.15, 0.2) is 42.5 Å². The minimum Gasteiger partial charge on any atom is -0.456 e. The monoisotopic (exact) mass is 276 g/mol. The Morgan fingerprint density at radius 2 is 1.89 bits per heavy atom. The number of aryl methyl sites for hydroxylation is 1. The summed E-state index contributed by atoms with van der Waals surface area (Å²) in [6.07, 6.45) is 0.369. The summed E-state index contributed by atoms with van der Waals surface area (Å²) in [4.78, 5) is 0. The quantitative estimate of drug-likeness (QED) is 0.873. The van der Waals surface area contributed by atoms with E-state index < -0.39 is 6.10 Å². The highest BCUT2D eigenvalue weighted by atomic mass is 35.5. The molecule has 0 unspecified atom stereocenters. The second kappa shape index (κ2) is 6.09. The van der Waals surface area contributed by atoms with Crippen molar-refractivity contribution in [2.45, 2.75) is 26.4 Å². The molecular formula is C16H17ClO2. The van der Waals surface area contributed by atoms with Gasteiger partial charge in [-0.25, -0.2) is 0 Å². The second-order valence-corrected chi connectivity index (χ2v) is 4.84. The van der Waals surface area contributed by atoms with Gasteiger partial charge in [-0.1, -0.05) is 42.8 Å². The molecule has 0 aromatic heterocycles. The Bertz CT molecular complexity index is 564. The average molecular weight is 277 g/mol. The first-order valence-corrected chi connectivity index (χ1v) is 6.73. The van der Waals surface area contributed by atoms with E-state index in [0.29, 0.717) is 10.8 Å². The number of aliphatic hydroxyl groups excluding tert-OH is 1. The van der Waals surface area contributed by atoms with Crippen LogP contribution >= 0.6 is 11.6 Å². The summed E-state index contributed by atoms with van der Waals surface area (Å²) < 4.78 is 5.85. The van der Waals surface area contributed by atoms with E-state index in [9.17, 15) is 5.11 Å². The molecule has 100 valence electrons. The molecule has 0 aliphatic rings. The molecule has 0 aliphatic carbocycles. The van der Waals surface area contributed by atoms with Crippen LogP contribution in [0.25, 0.3) is 0 Å². The van der Waals surface area contributed by atoms with E-state index in [1.54, 1.807) is 19.1 Å². The van der Waals surface area contributed by atoms with Crippen LogP contribution in [-0.2, 0) is 6.42 Å². The number of ether oxygens (including phenoxy) is 1. The number of hydrogen-bond acceptors (Lipinski definition) is 2. The molecule has 0 amide bonds. The number of hydrogen-bond donors (Lipinski definition) is 1. The number of para-hydroxylation sites is 1. The minimum absolute atomic E-state index is 0.504. The van der Waals surface area contributed by atoms with Crippen LogP contribution in [0.5, 0.6) is 11.5 Å². The largest absolute Gasteiger partial charge is 0.456 e. The molecule has 0 fully saturated rings. The van der Waals surface area contributed by atoms with Crippen molar-refractivity contribution >= 4 is 11.6 Å². The van der Waals surface area contributed by atoms with E-state index in [4.69, 9.17) is 16.3 Å². The molecule has 3 heteroatoms. The molecule has 0 heterocycles. The first-order valence-electron chi connectivity index (χ1n) is 6.35. The highest BCUT2D eigenvalue weighted by Gasteiger charge is 2.09. The van der Waals surface area contributed by atoms with Gasteiger partial charge in [0, 0.05) is 0 Å². The lowest BCUT2D eigenvalue weighted by atomic mass is 10.1. The van der Waals surface area contributed by atoms with E-state index in [1.807, 2.05) is 30.3 Å². The van der Waals surface area contributed by atoms with Gasteiger partial charge in [0.15, 0.2) is 0 Å². The third kappa shape index (κ3) is 3.28. The molecule has 0 aliphatic heterocycles. The highest BCUT2D eigenvalue weighted by Crippen LogP contribution is 2.33. The third-order valence-corrected chi connectivity index (χ3v) is 3.31. The van der Waals surface area contributed by atoms with E-state index in [2.05, 4.69) is 6.92 Å². The predicted molar refractivity (Wildman–Crippen MR) is 78.0 cm³/mol. The SMILES string of the molecule is CCc1ccccc1Oc1ccc([C@H](C)O)cc1Cl. The molecule has 0 saturated carbocycles. The normalized spacial score (nSPS) is 12.2. The zero-order chi connectivity index (χ0) is 13.8. The maximum absolute atomic E-state index is 9.51. The van der Waals surface area contributed by atoms with Gasteiger partial charge in [-0.05, 0) is 42.7 Å². The van der Waals surface area contributed by atoms with Crippen molar-refractivity contribution in [3.05, 3.63) is 58.6 Å². The number of aliphatic hydroxyl groups is 1. The topological polar surface area (TPSA) is 29.5 Å². The molecular weight excluding hydrogens is 260 g/mol. The lowest BCUT2D eigenvalue weighted by Gasteiger charge is -2.12. The Balaban J connectivity index is 2.28. The van der Waals surface area contributed by atoms with Crippen LogP contribution in [0.2, 0.25) is 5.02 Å². The van der Waals surface area contributed by atoms with Crippen molar-refractivity contribution in [2.24, 2.45) is 0 Å². The van der Waals surface area contributed by atoms with Crippen molar-refractivity contribution < 1.29 is 9.84 Å². The Labute approximate surface area is 118 Å². The van der Waals surface area contributed by atoms with E-state index in [-0.39, 0.29) is 0 Å². The van der Waals surface area contributed by atoms with Gasteiger partial charge in [0.05, 0.1) is 11.1 Å². The molecule has 0 saturated heterocycles. The maximum Gasteiger partial charge on any atom is 0.146 e. The van der Waals surface area contributed by atoms with Gasteiger partial charge in [-0.15, -0.1) is 0 Å². The molecule has 2 aromatic carbocycles. The molecule has 1 atom stereocenters. The van der Waals surface area contributed by atoms with Crippen LogP contribution in [0.1, 0.15) is 31.1 Å². The third-order valence-electron chi connectivity index (χ3n) is 3.01. The fourth-order valence-corrected chi connectivity index (χ4v) is 2.10. The average Bonchev–Trinajstić information content (AvgIpc) is 2.41. The van der Waals surface area contributed by atoms with Gasteiger partial charge in [0.25, 0.3) is 0 Å². The first kappa shape index (κ1) is 13.9. The van der Waals surface area contributed by atoms with Gasteiger partial charge >= 0.3 is 0 Å². The van der Waals surface area contributed by atoms with Crippen molar-refractivity contribution in [3.8, 4) is 11.5 Å². The maximum atomic E-state index is 9.51. The molecule has 2 nitrogen and oxygen atoms in total. The smallest absolute Gasteiger partial charge is 0.146 e. The van der Waals surface area contributed by atoms with Gasteiger partial charge < -0.3 is 9.84 Å². The molecule has 0 radical (unpaired) electrons. The molecule has 0 spiro atoms. The lowest BCUT2D eigenvalue weighted by Crippen LogP contribution is -1.94. The summed E-state index contributed by atoms with van der Waals surface area (Å²) in [6, 6.07) is 13.2. The predicted octanol–water partition coefficient (Wildman–Crippen LogP) is 4.75. The summed E-state index contributed by atoms with van der Waals surface area (Å²) in [5.41, 5.74) is 1.92. The van der Waals surface area contributed by atoms with E-state index >= 15 is 0 Å². The Hall–Kier alpha value is -1.51. The number of benzene rings is 2. The van der Waals surface area contributed by atoms with Crippen LogP contribution in [0, 0.1) is 0 Å². The summed E-state index contributed by atoms with van der Waals surface area (Å²) in [5.74, 6) is 1.42. The van der Waals surface area contributed by atoms with Gasteiger partial charge in [0.2, 0.25) is 0 Å². The van der Waals surface area contributed by atoms with E-state index in [0.717, 1.165) is 23.3 Å². The minimum atomic E-state index is -0.533. The van der Waals surface area contributed by atoms with Gasteiger partial charge in [-0.2, -0.15) is 0 Å². The first-order chi connectivity index (χ1) is 9.11. The fourth-order valence-electron chi connectivity index (χ4n) is 1.87. The van der Waals surface area contributed by atoms with Crippen LogP contribution in [0.3, 0.4) is 0 Å². The van der Waals surface area contributed by atoms with Gasteiger partial charge in [-0.3, -0.25) is 0 Å². The zero-order valence-corrected chi connectivity index (χ0v) is 11.8. The summed E-state index contributed by atoms with van der Waals surface area (Å²) in [7, 11) is 0. The molecule has 2 aromatic rings. The van der Waals surface area contributed by atoms with Crippen molar-refractivity contribution in [3.63, 3.8) is 0 Å². The van der Waals surface area contributed by atoms with Crippen LogP contribution < -0.4 is 4.74 Å². The highest BCUT2D eigenvalue weighted by molar-refractivity contribution is 6.32. The Morgan fingerprint density at radius 3 is 2.53 bits per heavy atom. The Morgan fingerprint density at radius 1 is 1.16 bits per heavy atom. The molecule has 0 bridgehead atoms. The Kier molecular flexibility index (Phi) is 4.46. The number of halogens is 1. The van der Waals surface area contributed by atoms with Crippen molar-refractivity contribution in [2.75, 3.05) is 0 Å². The van der Waals surface area contributed by atoms with Crippen LogP contribution in [0.4, 0.5) is 0 Å². The molecule has 2 rings (SSSR count). The summed E-state index contributed by atoms with van der Waals surface area (Å²) >= 11 is 6.18. The van der Waals surface area contributed by atoms with Crippen LogP contribution in [-0.4, -0.2) is 5.11 Å². The molecule has 1 N–H and O–H groups in total. The standard InChI is InChI=1S/C16H17ClO2/c1-3-12-6-4-5-7-15(12)19-16-9-8-13(11(2)18)10-14(16)17/h4-11,18H,3H2,1-2H3/t11-/m0/s1. The lowest BCUT2D eigenvalue weighted by molar-refractivity contribution is 0.199. The summed E-state index contributed by atoms with van der Waals surface area (Å²) in [6.45, 7) is 3.79. The van der Waals surface area contributed by atoms with E-state index in [1.165, 1.54) is 0 Å². The van der Waals surface area contributed by atoms with Crippen molar-refractivity contribution in [1.29, 1.82) is 0 Å². The second-order valence-electron chi connectivity index (χ2n) is 4.43. The van der Waals surface area contributed by atoms with Crippen molar-refractivity contribution in [1.82, 2.24) is 0 Å². The fraction of sp³-hybridized carbons (Fsp3) is 0.250.